The predicted octanol–water partition coefficient (Wildman–Crippen LogP) is 3.10. The van der Waals surface area contributed by atoms with E-state index in [2.05, 4.69) is 12.2 Å². The zero-order valence-corrected chi connectivity index (χ0v) is 12.7. The van der Waals surface area contributed by atoms with Crippen LogP contribution in [0, 0.1) is 12.8 Å². The summed E-state index contributed by atoms with van der Waals surface area (Å²) in [5.74, 6) is 0.967. The molecule has 1 amide bonds. The maximum atomic E-state index is 12.0. The molecule has 1 atom stereocenters. The maximum Gasteiger partial charge on any atom is 0.224 e. The number of aryl methyl sites for hydroxylation is 1. The number of hydrogen-bond donors (Lipinski definition) is 2. The number of hydrogen-bond acceptors (Lipinski definition) is 3. The van der Waals surface area contributed by atoms with Crippen LogP contribution >= 0.6 is 0 Å². The molecule has 0 fully saturated rings. The summed E-state index contributed by atoms with van der Waals surface area (Å²) in [6.07, 6.45) is 2.30. The molecule has 4 nitrogen and oxygen atoms in total. The zero-order chi connectivity index (χ0) is 15.0. The van der Waals surface area contributed by atoms with Crippen molar-refractivity contribution in [3.63, 3.8) is 0 Å². The smallest absolute Gasteiger partial charge is 0.224 e. The van der Waals surface area contributed by atoms with Gasteiger partial charge in [0, 0.05) is 6.42 Å². The molecule has 1 aromatic rings. The summed E-state index contributed by atoms with van der Waals surface area (Å²) in [5.41, 5.74) is 7.49. The van der Waals surface area contributed by atoms with Crippen molar-refractivity contribution in [3.8, 4) is 5.75 Å². The van der Waals surface area contributed by atoms with Crippen molar-refractivity contribution >= 4 is 11.6 Å². The van der Waals surface area contributed by atoms with Crippen LogP contribution in [0.25, 0.3) is 0 Å². The van der Waals surface area contributed by atoms with Gasteiger partial charge in [-0.25, -0.2) is 0 Å². The number of rotatable bonds is 8. The first-order valence-corrected chi connectivity index (χ1v) is 7.34. The van der Waals surface area contributed by atoms with Gasteiger partial charge in [0.1, 0.15) is 5.75 Å². The molecule has 4 heteroatoms. The molecule has 0 aliphatic carbocycles. The molecule has 0 aromatic heterocycles. The topological polar surface area (TPSA) is 64.3 Å². The Hall–Kier alpha value is -1.55. The third-order valence-corrected chi connectivity index (χ3v) is 3.26. The largest absolute Gasteiger partial charge is 0.491 e. The molecule has 1 aromatic carbocycles. The number of nitrogens with two attached hydrogens (primary N) is 1. The minimum atomic E-state index is -0.00694. The molecule has 0 aliphatic rings. The molecule has 1 unspecified atom stereocenters. The van der Waals surface area contributed by atoms with Gasteiger partial charge in [0.15, 0.2) is 0 Å². The molecule has 0 saturated carbocycles. The average Bonchev–Trinajstić information content (AvgIpc) is 2.44. The van der Waals surface area contributed by atoms with Gasteiger partial charge in [0.05, 0.1) is 12.3 Å². The first-order chi connectivity index (χ1) is 9.60. The van der Waals surface area contributed by atoms with Crippen molar-refractivity contribution in [2.75, 3.05) is 18.5 Å². The van der Waals surface area contributed by atoms with Crippen molar-refractivity contribution in [1.29, 1.82) is 0 Å². The van der Waals surface area contributed by atoms with Gasteiger partial charge in [-0.15, -0.1) is 0 Å². The van der Waals surface area contributed by atoms with Crippen LogP contribution in [0.4, 0.5) is 5.69 Å². The minimum Gasteiger partial charge on any atom is -0.491 e. The van der Waals surface area contributed by atoms with Gasteiger partial charge >= 0.3 is 0 Å². The minimum absolute atomic E-state index is 0.00694. The molecule has 0 saturated heterocycles. The fraction of sp³-hybridized carbons (Fsp3) is 0.562. The van der Waals surface area contributed by atoms with E-state index in [1.165, 1.54) is 0 Å². The van der Waals surface area contributed by atoms with Crippen LogP contribution in [-0.2, 0) is 4.79 Å². The Morgan fingerprint density at radius 1 is 1.40 bits per heavy atom. The molecule has 0 spiro atoms. The summed E-state index contributed by atoms with van der Waals surface area (Å²) in [4.78, 5) is 12.0. The van der Waals surface area contributed by atoms with E-state index >= 15 is 0 Å². The number of carbonyl (C=O) groups is 1. The van der Waals surface area contributed by atoms with Gasteiger partial charge in [-0.3, -0.25) is 4.79 Å². The van der Waals surface area contributed by atoms with Crippen LogP contribution in [0.15, 0.2) is 18.2 Å². The van der Waals surface area contributed by atoms with E-state index in [-0.39, 0.29) is 11.8 Å². The van der Waals surface area contributed by atoms with Gasteiger partial charge in [-0.2, -0.15) is 0 Å². The quantitative estimate of drug-likeness (QED) is 0.768. The average molecular weight is 278 g/mol. The summed E-state index contributed by atoms with van der Waals surface area (Å²) >= 11 is 0. The molecule has 0 heterocycles. The van der Waals surface area contributed by atoms with Crippen molar-refractivity contribution in [2.45, 2.75) is 40.0 Å². The zero-order valence-electron chi connectivity index (χ0n) is 12.7. The highest BCUT2D eigenvalue weighted by Crippen LogP contribution is 2.26. The van der Waals surface area contributed by atoms with Crippen molar-refractivity contribution in [1.82, 2.24) is 0 Å². The first-order valence-electron chi connectivity index (χ1n) is 7.34. The highest BCUT2D eigenvalue weighted by Gasteiger charge is 2.13. The SMILES string of the molecule is CCCOc1cc(C)ccc1NC(=O)CC(CC)CN. The number of carbonyl (C=O) groups excluding carboxylic acids is 1. The Bertz CT molecular complexity index is 428. The third kappa shape index (κ3) is 5.21. The van der Waals surface area contributed by atoms with Gasteiger partial charge in [-0.05, 0) is 43.5 Å². The van der Waals surface area contributed by atoms with Crippen LogP contribution in [0.1, 0.15) is 38.7 Å². The number of benzene rings is 1. The lowest BCUT2D eigenvalue weighted by molar-refractivity contribution is -0.117. The second-order valence-corrected chi connectivity index (χ2v) is 5.11. The molecule has 1 rings (SSSR count). The molecule has 0 aliphatic heterocycles. The van der Waals surface area contributed by atoms with Gasteiger partial charge in [0.25, 0.3) is 0 Å². The number of anilines is 1. The van der Waals surface area contributed by atoms with Gasteiger partial charge in [0.2, 0.25) is 5.91 Å². The molecular formula is C16H26N2O2. The van der Waals surface area contributed by atoms with E-state index in [9.17, 15) is 4.79 Å². The Balaban J connectivity index is 2.72. The van der Waals surface area contributed by atoms with E-state index in [0.29, 0.717) is 19.6 Å². The summed E-state index contributed by atoms with van der Waals surface area (Å²) in [6, 6.07) is 5.81. The fourth-order valence-electron chi connectivity index (χ4n) is 1.92. The number of ether oxygens (including phenoxy) is 1. The lowest BCUT2D eigenvalue weighted by Crippen LogP contribution is -2.22. The van der Waals surface area contributed by atoms with Crippen LogP contribution in [-0.4, -0.2) is 19.1 Å². The van der Waals surface area contributed by atoms with E-state index in [0.717, 1.165) is 29.8 Å². The van der Waals surface area contributed by atoms with Crippen LogP contribution < -0.4 is 15.8 Å². The molecule has 20 heavy (non-hydrogen) atoms. The normalized spacial score (nSPS) is 12.0. The molecule has 0 radical (unpaired) electrons. The lowest BCUT2D eigenvalue weighted by Gasteiger charge is -2.15. The summed E-state index contributed by atoms with van der Waals surface area (Å²) in [5, 5.41) is 2.93. The van der Waals surface area contributed by atoms with Crippen molar-refractivity contribution < 1.29 is 9.53 Å². The lowest BCUT2D eigenvalue weighted by atomic mass is 10.0. The van der Waals surface area contributed by atoms with Crippen LogP contribution in [0.2, 0.25) is 0 Å². The maximum absolute atomic E-state index is 12.0. The second-order valence-electron chi connectivity index (χ2n) is 5.11. The Morgan fingerprint density at radius 3 is 2.75 bits per heavy atom. The first kappa shape index (κ1) is 16.5. The van der Waals surface area contributed by atoms with E-state index in [4.69, 9.17) is 10.5 Å². The standard InChI is InChI=1S/C16H26N2O2/c1-4-8-20-15-9-12(3)6-7-14(15)18-16(19)10-13(5-2)11-17/h6-7,9,13H,4-5,8,10-11,17H2,1-3H3,(H,18,19). The Morgan fingerprint density at radius 2 is 2.15 bits per heavy atom. The Kier molecular flexibility index (Phi) is 7.09. The van der Waals surface area contributed by atoms with E-state index < -0.39 is 0 Å². The summed E-state index contributed by atoms with van der Waals surface area (Å²) < 4.78 is 5.69. The van der Waals surface area contributed by atoms with Crippen LogP contribution in [0.3, 0.4) is 0 Å². The predicted molar refractivity (Wildman–Crippen MR) is 83.0 cm³/mol. The third-order valence-electron chi connectivity index (χ3n) is 3.26. The molecule has 112 valence electrons. The highest BCUT2D eigenvalue weighted by atomic mass is 16.5. The summed E-state index contributed by atoms with van der Waals surface area (Å²) in [6.45, 7) is 7.29. The Labute approximate surface area is 121 Å². The van der Waals surface area contributed by atoms with Crippen LogP contribution in [0.5, 0.6) is 5.75 Å². The monoisotopic (exact) mass is 278 g/mol. The fourth-order valence-corrected chi connectivity index (χ4v) is 1.92. The summed E-state index contributed by atoms with van der Waals surface area (Å²) in [7, 11) is 0. The van der Waals surface area contributed by atoms with E-state index in [1.54, 1.807) is 0 Å². The van der Waals surface area contributed by atoms with Crippen molar-refractivity contribution in [2.24, 2.45) is 11.7 Å². The second kappa shape index (κ2) is 8.59. The molecular weight excluding hydrogens is 252 g/mol. The van der Waals surface area contributed by atoms with Gasteiger partial charge in [-0.1, -0.05) is 26.3 Å². The molecule has 3 N–H and O–H groups in total. The number of nitrogens with one attached hydrogen (secondary N) is 1. The van der Waals surface area contributed by atoms with E-state index in [1.807, 2.05) is 32.0 Å². The van der Waals surface area contributed by atoms with Crippen molar-refractivity contribution in [3.05, 3.63) is 23.8 Å². The molecule has 0 bridgehead atoms. The van der Waals surface area contributed by atoms with Gasteiger partial charge < -0.3 is 15.8 Å². The number of amides is 1. The highest BCUT2D eigenvalue weighted by molar-refractivity contribution is 5.92.